The average Bonchev–Trinajstić information content (AvgIpc) is 3.90. The third-order valence-corrected chi connectivity index (χ3v) is 14.9. The largest absolute Gasteiger partial charge is 0.309 e. The number of fused-ring (bicyclic) bond motifs is 8. The number of rotatable bonds is 7. The van der Waals surface area contributed by atoms with Crippen LogP contribution in [-0.4, -0.2) is 0 Å². The predicted octanol–water partition coefficient (Wildman–Crippen LogP) is 17.5. The van der Waals surface area contributed by atoms with Gasteiger partial charge in [-0.3, -0.25) is 0 Å². The van der Waals surface area contributed by atoms with Crippen LogP contribution < -0.4 is 4.90 Å². The fourth-order valence-electron chi connectivity index (χ4n) is 11.0. The molecule has 1 aromatic heterocycles. The summed E-state index contributed by atoms with van der Waals surface area (Å²) in [5.41, 5.74) is 15.1. The fourth-order valence-corrected chi connectivity index (χ4v) is 12.1. The average molecular weight is 844 g/mol. The van der Waals surface area contributed by atoms with Gasteiger partial charge in [-0.05, 0) is 108 Å². The molecule has 1 heterocycles. The van der Waals surface area contributed by atoms with E-state index in [1.807, 2.05) is 11.3 Å². The van der Waals surface area contributed by atoms with Gasteiger partial charge in [-0.15, -0.1) is 11.3 Å². The molecule has 12 aromatic rings. The minimum absolute atomic E-state index is 0.676. The maximum atomic E-state index is 2.55. The molecule has 0 saturated carbocycles. The highest BCUT2D eigenvalue weighted by Crippen LogP contribution is 2.60. The van der Waals surface area contributed by atoms with Gasteiger partial charge in [0.15, 0.2) is 0 Å². The summed E-state index contributed by atoms with van der Waals surface area (Å²) in [6, 6.07) is 92.5. The summed E-state index contributed by atoms with van der Waals surface area (Å²) in [7, 11) is 0. The van der Waals surface area contributed by atoms with Crippen LogP contribution in [0, 0.1) is 0 Å². The highest BCUT2D eigenvalue weighted by molar-refractivity contribution is 7.25. The lowest BCUT2D eigenvalue weighted by Gasteiger charge is -2.38. The number of para-hydroxylation sites is 1. The number of thiophene rings is 1. The lowest BCUT2D eigenvalue weighted by Crippen LogP contribution is -2.31. The van der Waals surface area contributed by atoms with E-state index in [2.05, 4.69) is 254 Å². The maximum absolute atomic E-state index is 2.55. The molecule has 0 radical (unpaired) electrons. The Balaban J connectivity index is 1.13. The third kappa shape index (κ3) is 5.78. The second-order valence-corrected chi connectivity index (χ2v) is 18.2. The molecule has 0 N–H and O–H groups in total. The number of anilines is 3. The number of nitrogens with zero attached hydrogens (tertiary/aromatic N) is 1. The van der Waals surface area contributed by atoms with E-state index in [-0.39, 0.29) is 0 Å². The molecule has 0 fully saturated rings. The van der Waals surface area contributed by atoms with Crippen LogP contribution in [0.15, 0.2) is 249 Å². The molecule has 0 aliphatic heterocycles. The summed E-state index contributed by atoms with van der Waals surface area (Å²) in [6.45, 7) is 0. The zero-order chi connectivity index (χ0) is 42.9. The Bertz CT molecular complexity index is 3790. The van der Waals surface area contributed by atoms with Crippen molar-refractivity contribution >= 4 is 70.1 Å². The van der Waals surface area contributed by atoms with Crippen LogP contribution in [0.4, 0.5) is 17.1 Å². The van der Waals surface area contributed by atoms with E-state index >= 15 is 0 Å². The normalized spacial score (nSPS) is 14.2. The van der Waals surface area contributed by atoms with E-state index in [1.54, 1.807) is 0 Å². The van der Waals surface area contributed by atoms with Gasteiger partial charge in [0.25, 0.3) is 0 Å². The fraction of sp³-hybridized carbons (Fsp3) is 0.0159. The molecule has 304 valence electrons. The van der Waals surface area contributed by atoms with Gasteiger partial charge < -0.3 is 4.90 Å². The van der Waals surface area contributed by atoms with Gasteiger partial charge >= 0.3 is 0 Å². The molecule has 65 heavy (non-hydrogen) atoms. The van der Waals surface area contributed by atoms with Gasteiger partial charge in [0, 0.05) is 31.2 Å². The van der Waals surface area contributed by atoms with Crippen molar-refractivity contribution in [2.45, 2.75) is 5.41 Å². The monoisotopic (exact) mass is 843 g/mol. The van der Waals surface area contributed by atoms with Crippen molar-refractivity contribution in [2.75, 3.05) is 4.90 Å². The van der Waals surface area contributed by atoms with Crippen molar-refractivity contribution in [3.63, 3.8) is 0 Å². The van der Waals surface area contributed by atoms with Crippen molar-refractivity contribution < 1.29 is 0 Å². The molecule has 0 saturated heterocycles. The number of benzene rings is 11. The van der Waals surface area contributed by atoms with Gasteiger partial charge in [0.2, 0.25) is 0 Å². The smallest absolute Gasteiger partial charge is 0.0734 e. The second kappa shape index (κ2) is 15.1. The molecule has 0 amide bonds. The molecule has 1 atom stereocenters. The predicted molar refractivity (Wildman–Crippen MR) is 277 cm³/mol. The molecule has 1 unspecified atom stereocenters. The van der Waals surface area contributed by atoms with Crippen LogP contribution in [0.1, 0.15) is 22.3 Å². The highest BCUT2D eigenvalue weighted by Gasteiger charge is 2.48. The first-order valence-electron chi connectivity index (χ1n) is 22.4. The summed E-state index contributed by atoms with van der Waals surface area (Å²) in [5, 5.41) is 7.49. The summed E-state index contributed by atoms with van der Waals surface area (Å²) >= 11 is 1.87. The van der Waals surface area contributed by atoms with Crippen LogP contribution in [-0.2, 0) is 5.41 Å². The van der Waals surface area contributed by atoms with E-state index in [0.717, 1.165) is 17.1 Å². The number of hydrogen-bond donors (Lipinski definition) is 0. The quantitative estimate of drug-likeness (QED) is 0.154. The molecule has 1 aliphatic rings. The maximum Gasteiger partial charge on any atom is 0.0734 e. The van der Waals surface area contributed by atoms with Gasteiger partial charge in [-0.25, -0.2) is 0 Å². The molecule has 0 spiro atoms. The Kier molecular flexibility index (Phi) is 8.69. The van der Waals surface area contributed by atoms with Gasteiger partial charge in [-0.2, -0.15) is 0 Å². The molecule has 13 rings (SSSR count). The molecular weight excluding hydrogens is 803 g/mol. The summed E-state index contributed by atoms with van der Waals surface area (Å²) in [5.74, 6) is 0. The van der Waals surface area contributed by atoms with Crippen molar-refractivity contribution in [1.82, 2.24) is 0 Å². The minimum Gasteiger partial charge on any atom is -0.309 e. The SMILES string of the molecule is c1ccc(-c2ccc(N(c3ccc4c(c3)sc3ccccc34)c3ccccc3C3(c4ccccc4)c4ccccc4-c4ccc(-c5cccc6ccccc56)cc43)c3ccccc23)cc1. The molecule has 1 aliphatic carbocycles. The van der Waals surface area contributed by atoms with Gasteiger partial charge in [0.05, 0.1) is 16.8 Å². The van der Waals surface area contributed by atoms with Crippen molar-refractivity contribution in [3.8, 4) is 33.4 Å². The van der Waals surface area contributed by atoms with Crippen LogP contribution >= 0.6 is 11.3 Å². The zero-order valence-electron chi connectivity index (χ0n) is 35.5. The van der Waals surface area contributed by atoms with Crippen molar-refractivity contribution in [1.29, 1.82) is 0 Å². The molecule has 11 aromatic carbocycles. The van der Waals surface area contributed by atoms with E-state index in [9.17, 15) is 0 Å². The topological polar surface area (TPSA) is 3.24 Å². The third-order valence-electron chi connectivity index (χ3n) is 13.7. The highest BCUT2D eigenvalue weighted by atomic mass is 32.1. The summed E-state index contributed by atoms with van der Waals surface area (Å²) in [6.07, 6.45) is 0. The Morgan fingerprint density at radius 2 is 0.908 bits per heavy atom. The summed E-state index contributed by atoms with van der Waals surface area (Å²) in [4.78, 5) is 2.55. The van der Waals surface area contributed by atoms with E-state index < -0.39 is 5.41 Å². The first-order valence-corrected chi connectivity index (χ1v) is 23.2. The van der Waals surface area contributed by atoms with Crippen LogP contribution in [0.25, 0.3) is 75.1 Å². The first kappa shape index (κ1) is 37.5. The zero-order valence-corrected chi connectivity index (χ0v) is 36.3. The Labute approximate surface area is 382 Å². The van der Waals surface area contributed by atoms with Gasteiger partial charge in [0.1, 0.15) is 0 Å². The second-order valence-electron chi connectivity index (χ2n) is 17.1. The Morgan fingerprint density at radius 1 is 0.308 bits per heavy atom. The van der Waals surface area contributed by atoms with Crippen molar-refractivity contribution in [3.05, 3.63) is 271 Å². The van der Waals surface area contributed by atoms with Crippen LogP contribution in [0.3, 0.4) is 0 Å². The summed E-state index contributed by atoms with van der Waals surface area (Å²) < 4.78 is 2.57. The minimum atomic E-state index is -0.676. The van der Waals surface area contributed by atoms with Crippen molar-refractivity contribution in [2.24, 2.45) is 0 Å². The van der Waals surface area contributed by atoms with E-state index in [4.69, 9.17) is 0 Å². The molecular formula is C63H41NS. The number of hydrogen-bond acceptors (Lipinski definition) is 2. The van der Waals surface area contributed by atoms with E-state index in [1.165, 1.54) is 97.4 Å². The van der Waals surface area contributed by atoms with Crippen LogP contribution in [0.2, 0.25) is 0 Å². The van der Waals surface area contributed by atoms with E-state index in [0.29, 0.717) is 0 Å². The molecule has 1 nitrogen and oxygen atoms in total. The Morgan fingerprint density at radius 3 is 1.77 bits per heavy atom. The van der Waals surface area contributed by atoms with Gasteiger partial charge in [-0.1, -0.05) is 212 Å². The van der Waals surface area contributed by atoms with Crippen LogP contribution in [0.5, 0.6) is 0 Å². The standard InChI is InChI=1S/C63H41NS/c1-3-18-42(19-4-1)49-38-39-59(53-27-10-9-25-50(49)53)64(46-35-37-55-54-28-12-16-33-61(54)65-62(55)41-46)60-32-15-14-31-57(60)63(45-22-5-2-6-23-45)56-30-13-11-26-51(56)52-36-34-44(40-58(52)63)48-29-17-21-43-20-7-8-24-47(43)48/h1-41H. The molecule has 0 bridgehead atoms. The lowest BCUT2D eigenvalue weighted by atomic mass is 9.66. The first-order chi connectivity index (χ1) is 32.3. The lowest BCUT2D eigenvalue weighted by molar-refractivity contribution is 0.768. The molecule has 2 heteroatoms. The Hall–Kier alpha value is -8.04.